The summed E-state index contributed by atoms with van der Waals surface area (Å²) >= 11 is 0. The maximum Gasteiger partial charge on any atom is 0.123 e. The highest BCUT2D eigenvalue weighted by Crippen LogP contribution is 2.17. The van der Waals surface area contributed by atoms with Gasteiger partial charge in [-0.25, -0.2) is 0 Å². The number of nitrogens with one attached hydrogen (secondary N) is 1. The zero-order chi connectivity index (χ0) is 9.52. The number of halogens is 1. The Labute approximate surface area is 92.1 Å². The fourth-order valence-electron chi connectivity index (χ4n) is 1.21. The van der Waals surface area contributed by atoms with Gasteiger partial charge in [0.2, 0.25) is 0 Å². The molecule has 0 aliphatic rings. The summed E-state index contributed by atoms with van der Waals surface area (Å²) in [5.41, 5.74) is 1.23. The molecule has 0 atom stereocenters. The van der Waals surface area contributed by atoms with E-state index in [2.05, 4.69) is 18.3 Å². The summed E-state index contributed by atoms with van der Waals surface area (Å²) < 4.78 is 5.49. The predicted octanol–water partition coefficient (Wildman–Crippen LogP) is -0.801. The summed E-state index contributed by atoms with van der Waals surface area (Å²) in [6.07, 6.45) is 0. The van der Waals surface area contributed by atoms with Crippen LogP contribution < -0.4 is 22.5 Å². The van der Waals surface area contributed by atoms with Crippen LogP contribution in [0.2, 0.25) is 0 Å². The lowest BCUT2D eigenvalue weighted by molar-refractivity contribution is -0.00000335. The lowest BCUT2D eigenvalue weighted by Gasteiger charge is -2.09. The molecule has 2 nitrogen and oxygen atoms in total. The zero-order valence-electron chi connectivity index (χ0n) is 8.72. The maximum atomic E-state index is 5.49. The molecule has 0 saturated heterocycles. The highest BCUT2D eigenvalue weighted by molar-refractivity contribution is 5.33. The van der Waals surface area contributed by atoms with E-state index >= 15 is 0 Å². The van der Waals surface area contributed by atoms with Crippen LogP contribution >= 0.6 is 0 Å². The third kappa shape index (κ3) is 3.99. The van der Waals surface area contributed by atoms with Gasteiger partial charge in [0.05, 0.1) is 6.61 Å². The molecule has 0 spiro atoms. The molecule has 0 amide bonds. The standard InChI is InChI=1S/C11H17NO.ClH/c1-3-12-9-10-7-5-6-8-11(10)13-4-2;/h5-8,12H,3-4,9H2,1-2H3;1H/p-1. The van der Waals surface area contributed by atoms with Crippen molar-refractivity contribution in [3.63, 3.8) is 0 Å². The molecule has 1 aromatic rings. The van der Waals surface area contributed by atoms with Gasteiger partial charge in [-0.1, -0.05) is 25.1 Å². The Bertz CT molecular complexity index is 253. The summed E-state index contributed by atoms with van der Waals surface area (Å²) in [5.74, 6) is 0.992. The number of hydrogen-bond acceptors (Lipinski definition) is 2. The van der Waals surface area contributed by atoms with Crippen LogP contribution in [0.4, 0.5) is 0 Å². The Kier molecular flexibility index (Phi) is 7.25. The van der Waals surface area contributed by atoms with E-state index in [4.69, 9.17) is 4.74 Å². The van der Waals surface area contributed by atoms with Crippen LogP contribution in [0.1, 0.15) is 19.4 Å². The summed E-state index contributed by atoms with van der Waals surface area (Å²) in [7, 11) is 0. The summed E-state index contributed by atoms with van der Waals surface area (Å²) in [6, 6.07) is 8.14. The molecule has 0 bridgehead atoms. The van der Waals surface area contributed by atoms with Crippen molar-refractivity contribution >= 4 is 0 Å². The van der Waals surface area contributed by atoms with E-state index < -0.39 is 0 Å². The lowest BCUT2D eigenvalue weighted by Crippen LogP contribution is -3.00. The zero-order valence-corrected chi connectivity index (χ0v) is 9.47. The van der Waals surface area contributed by atoms with E-state index in [-0.39, 0.29) is 12.4 Å². The van der Waals surface area contributed by atoms with Crippen molar-refractivity contribution in [2.75, 3.05) is 13.2 Å². The number of rotatable bonds is 5. The average Bonchev–Trinajstić information content (AvgIpc) is 2.17. The van der Waals surface area contributed by atoms with Crippen LogP contribution in [0.25, 0.3) is 0 Å². The van der Waals surface area contributed by atoms with Crippen molar-refractivity contribution in [1.82, 2.24) is 5.32 Å². The molecule has 0 radical (unpaired) electrons. The Morgan fingerprint density at radius 1 is 1.21 bits per heavy atom. The van der Waals surface area contributed by atoms with E-state index in [1.165, 1.54) is 5.56 Å². The normalized spacial score (nSPS) is 9.29. The highest BCUT2D eigenvalue weighted by Gasteiger charge is 1.99. The molecule has 0 saturated carbocycles. The minimum Gasteiger partial charge on any atom is -1.00 e. The van der Waals surface area contributed by atoms with Crippen molar-refractivity contribution in [2.24, 2.45) is 0 Å². The Balaban J connectivity index is 0.00000169. The second-order valence-electron chi connectivity index (χ2n) is 2.82. The molecule has 1 rings (SSSR count). The van der Waals surface area contributed by atoms with Gasteiger partial charge < -0.3 is 22.5 Å². The first-order valence-electron chi connectivity index (χ1n) is 4.80. The smallest absolute Gasteiger partial charge is 0.123 e. The molecule has 1 aromatic carbocycles. The van der Waals surface area contributed by atoms with Crippen molar-refractivity contribution in [1.29, 1.82) is 0 Å². The number of ether oxygens (including phenoxy) is 1. The molecular formula is C11H17ClNO-. The second-order valence-corrected chi connectivity index (χ2v) is 2.82. The fourth-order valence-corrected chi connectivity index (χ4v) is 1.21. The van der Waals surface area contributed by atoms with Crippen LogP contribution in [0.15, 0.2) is 24.3 Å². The monoisotopic (exact) mass is 214 g/mol. The highest BCUT2D eigenvalue weighted by atomic mass is 35.5. The van der Waals surface area contributed by atoms with E-state index in [1.807, 2.05) is 25.1 Å². The third-order valence-corrected chi connectivity index (χ3v) is 1.84. The van der Waals surface area contributed by atoms with E-state index in [9.17, 15) is 0 Å². The first-order valence-corrected chi connectivity index (χ1v) is 4.80. The summed E-state index contributed by atoms with van der Waals surface area (Å²) in [5, 5.41) is 3.28. The molecule has 0 fully saturated rings. The molecule has 80 valence electrons. The number of hydrogen-bond donors (Lipinski definition) is 1. The number of benzene rings is 1. The van der Waals surface area contributed by atoms with Gasteiger partial charge in [0.25, 0.3) is 0 Å². The van der Waals surface area contributed by atoms with Gasteiger partial charge >= 0.3 is 0 Å². The second kappa shape index (κ2) is 7.65. The number of para-hydroxylation sites is 1. The molecular weight excluding hydrogens is 198 g/mol. The first kappa shape index (κ1) is 13.3. The third-order valence-electron chi connectivity index (χ3n) is 1.84. The first-order chi connectivity index (χ1) is 6.38. The fraction of sp³-hybridized carbons (Fsp3) is 0.455. The van der Waals surface area contributed by atoms with Gasteiger partial charge in [-0.3, -0.25) is 0 Å². The van der Waals surface area contributed by atoms with E-state index in [0.717, 1.165) is 25.4 Å². The van der Waals surface area contributed by atoms with Crippen LogP contribution in [0.5, 0.6) is 5.75 Å². The lowest BCUT2D eigenvalue weighted by atomic mass is 10.2. The van der Waals surface area contributed by atoms with Gasteiger partial charge in [-0.05, 0) is 19.5 Å². The molecule has 0 aliphatic carbocycles. The van der Waals surface area contributed by atoms with E-state index in [0.29, 0.717) is 0 Å². The topological polar surface area (TPSA) is 21.3 Å². The molecule has 0 aliphatic heterocycles. The largest absolute Gasteiger partial charge is 1.00 e. The molecule has 0 aromatic heterocycles. The predicted molar refractivity (Wildman–Crippen MR) is 55.0 cm³/mol. The van der Waals surface area contributed by atoms with Crippen LogP contribution in [-0.2, 0) is 6.54 Å². The Morgan fingerprint density at radius 2 is 1.93 bits per heavy atom. The minimum absolute atomic E-state index is 0. The summed E-state index contributed by atoms with van der Waals surface area (Å²) in [4.78, 5) is 0. The van der Waals surface area contributed by atoms with Gasteiger partial charge in [-0.15, -0.1) is 0 Å². The van der Waals surface area contributed by atoms with Crippen LogP contribution in [0, 0.1) is 0 Å². The molecule has 0 unspecified atom stereocenters. The van der Waals surface area contributed by atoms with Gasteiger partial charge in [-0.2, -0.15) is 0 Å². The quantitative estimate of drug-likeness (QED) is 0.693. The Hall–Kier alpha value is -0.730. The van der Waals surface area contributed by atoms with Gasteiger partial charge in [0.1, 0.15) is 5.75 Å². The van der Waals surface area contributed by atoms with Crippen molar-refractivity contribution in [3.05, 3.63) is 29.8 Å². The maximum absolute atomic E-state index is 5.49. The van der Waals surface area contributed by atoms with Crippen molar-refractivity contribution in [2.45, 2.75) is 20.4 Å². The molecule has 14 heavy (non-hydrogen) atoms. The summed E-state index contributed by atoms with van der Waals surface area (Å²) in [6.45, 7) is 6.70. The molecule has 0 heterocycles. The average molecular weight is 215 g/mol. The van der Waals surface area contributed by atoms with Crippen LogP contribution in [0.3, 0.4) is 0 Å². The van der Waals surface area contributed by atoms with Crippen molar-refractivity contribution in [3.8, 4) is 5.75 Å². The minimum atomic E-state index is 0. The van der Waals surface area contributed by atoms with Crippen molar-refractivity contribution < 1.29 is 17.1 Å². The van der Waals surface area contributed by atoms with Gasteiger partial charge in [0.15, 0.2) is 0 Å². The van der Waals surface area contributed by atoms with Gasteiger partial charge in [0, 0.05) is 12.1 Å². The SMILES string of the molecule is CCNCc1ccccc1OCC.[Cl-]. The van der Waals surface area contributed by atoms with E-state index in [1.54, 1.807) is 0 Å². The molecule has 3 heteroatoms. The van der Waals surface area contributed by atoms with Crippen LogP contribution in [-0.4, -0.2) is 13.2 Å². The Morgan fingerprint density at radius 3 is 2.57 bits per heavy atom. The molecule has 1 N–H and O–H groups in total.